The first kappa shape index (κ1) is 19.7. The molecule has 6 heteroatoms. The zero-order valence-corrected chi connectivity index (χ0v) is 15.2. The van der Waals surface area contributed by atoms with Gasteiger partial charge in [-0.25, -0.2) is 5.43 Å². The van der Waals surface area contributed by atoms with E-state index in [0.717, 1.165) is 24.8 Å². The summed E-state index contributed by atoms with van der Waals surface area (Å²) in [4.78, 5) is 23.5. The lowest BCUT2D eigenvalue weighted by atomic mass is 10.2. The van der Waals surface area contributed by atoms with E-state index in [-0.39, 0.29) is 11.8 Å². The molecule has 0 bridgehead atoms. The van der Waals surface area contributed by atoms with Crippen LogP contribution < -0.4 is 10.7 Å². The summed E-state index contributed by atoms with van der Waals surface area (Å²) < 4.78 is 0. The van der Waals surface area contributed by atoms with Crippen LogP contribution in [-0.2, 0) is 4.79 Å². The summed E-state index contributed by atoms with van der Waals surface area (Å²) >= 11 is 5.80. The van der Waals surface area contributed by atoms with Gasteiger partial charge in [-0.2, -0.15) is 5.10 Å². The Hall–Kier alpha value is -2.66. The zero-order chi connectivity index (χ0) is 18.6. The summed E-state index contributed by atoms with van der Waals surface area (Å²) in [6, 6.07) is 16.3. The number of rotatable bonds is 9. The minimum Gasteiger partial charge on any atom is -0.352 e. The number of hydrazone groups is 1. The largest absolute Gasteiger partial charge is 0.352 e. The molecule has 26 heavy (non-hydrogen) atoms. The van der Waals surface area contributed by atoms with Crippen molar-refractivity contribution in [3.63, 3.8) is 0 Å². The first-order valence-electron chi connectivity index (χ1n) is 8.56. The maximum Gasteiger partial charge on any atom is 0.251 e. The van der Waals surface area contributed by atoms with Crippen LogP contribution in [0, 0.1) is 0 Å². The van der Waals surface area contributed by atoms with Crippen molar-refractivity contribution in [1.29, 1.82) is 0 Å². The van der Waals surface area contributed by atoms with Gasteiger partial charge < -0.3 is 5.32 Å². The molecule has 0 unspecified atom stereocenters. The van der Waals surface area contributed by atoms with Crippen LogP contribution in [0.5, 0.6) is 0 Å². The lowest BCUT2D eigenvalue weighted by Gasteiger charge is -2.05. The number of benzene rings is 2. The van der Waals surface area contributed by atoms with E-state index in [4.69, 9.17) is 11.6 Å². The van der Waals surface area contributed by atoms with E-state index >= 15 is 0 Å². The second-order valence-electron chi connectivity index (χ2n) is 5.78. The van der Waals surface area contributed by atoms with E-state index < -0.39 is 0 Å². The molecule has 2 rings (SSSR count). The van der Waals surface area contributed by atoms with Crippen molar-refractivity contribution < 1.29 is 9.59 Å². The van der Waals surface area contributed by atoms with Gasteiger partial charge in [-0.3, -0.25) is 9.59 Å². The van der Waals surface area contributed by atoms with Gasteiger partial charge in [0.25, 0.3) is 5.91 Å². The second-order valence-corrected chi connectivity index (χ2v) is 6.21. The molecule has 0 radical (unpaired) electrons. The highest BCUT2D eigenvalue weighted by Crippen LogP contribution is 2.07. The molecule has 5 nitrogen and oxygen atoms in total. The van der Waals surface area contributed by atoms with Gasteiger partial charge in [-0.05, 0) is 42.7 Å². The van der Waals surface area contributed by atoms with Crippen molar-refractivity contribution in [2.24, 2.45) is 5.10 Å². The van der Waals surface area contributed by atoms with Crippen LogP contribution in [0.2, 0.25) is 5.02 Å². The molecule has 0 aromatic heterocycles. The number of carbonyl (C=O) groups is 2. The predicted octanol–water partition coefficient (Wildman–Crippen LogP) is 3.78. The normalized spacial score (nSPS) is 10.7. The van der Waals surface area contributed by atoms with Crippen LogP contribution in [0.3, 0.4) is 0 Å². The maximum atomic E-state index is 11.8. The molecule has 0 saturated carbocycles. The molecule has 2 aromatic carbocycles. The van der Waals surface area contributed by atoms with Gasteiger partial charge in [0, 0.05) is 23.6 Å². The Morgan fingerprint density at radius 1 is 0.962 bits per heavy atom. The van der Waals surface area contributed by atoms with E-state index in [1.54, 1.807) is 30.5 Å². The molecule has 0 atom stereocenters. The van der Waals surface area contributed by atoms with Crippen molar-refractivity contribution in [3.05, 3.63) is 70.7 Å². The number of halogens is 1. The SMILES string of the molecule is O=C(CCCCCNC(=O)c1ccccc1)NN=Cc1ccc(Cl)cc1. The monoisotopic (exact) mass is 371 g/mol. The Bertz CT molecular complexity index is 730. The zero-order valence-electron chi connectivity index (χ0n) is 14.5. The highest BCUT2D eigenvalue weighted by atomic mass is 35.5. The number of unbranched alkanes of at least 4 members (excludes halogenated alkanes) is 2. The third-order valence-electron chi connectivity index (χ3n) is 3.68. The van der Waals surface area contributed by atoms with Gasteiger partial charge in [0.15, 0.2) is 0 Å². The Labute approximate surface area is 158 Å². The van der Waals surface area contributed by atoms with Crippen LogP contribution in [-0.4, -0.2) is 24.6 Å². The minimum absolute atomic E-state index is 0.0696. The van der Waals surface area contributed by atoms with Crippen molar-refractivity contribution in [1.82, 2.24) is 10.7 Å². The van der Waals surface area contributed by atoms with E-state index in [1.807, 2.05) is 30.3 Å². The van der Waals surface area contributed by atoms with E-state index in [0.29, 0.717) is 23.6 Å². The van der Waals surface area contributed by atoms with Gasteiger partial charge in [0.05, 0.1) is 6.21 Å². The summed E-state index contributed by atoms with van der Waals surface area (Å²) in [5.74, 6) is -0.191. The summed E-state index contributed by atoms with van der Waals surface area (Å²) in [7, 11) is 0. The molecule has 0 spiro atoms. The summed E-state index contributed by atoms with van der Waals surface area (Å²) in [6.07, 6.45) is 4.44. The fourth-order valence-corrected chi connectivity index (χ4v) is 2.39. The summed E-state index contributed by atoms with van der Waals surface area (Å²) in [6.45, 7) is 0.601. The quantitative estimate of drug-likeness (QED) is 0.400. The Balaban J connectivity index is 1.53. The topological polar surface area (TPSA) is 70.6 Å². The maximum absolute atomic E-state index is 11.8. The number of hydrogen-bond acceptors (Lipinski definition) is 3. The minimum atomic E-state index is -0.122. The number of nitrogens with one attached hydrogen (secondary N) is 2. The highest BCUT2D eigenvalue weighted by molar-refractivity contribution is 6.30. The van der Waals surface area contributed by atoms with Crippen LogP contribution in [0.1, 0.15) is 41.6 Å². The summed E-state index contributed by atoms with van der Waals surface area (Å²) in [5.41, 5.74) is 4.03. The van der Waals surface area contributed by atoms with Crippen molar-refractivity contribution >= 4 is 29.6 Å². The fourth-order valence-electron chi connectivity index (χ4n) is 2.26. The molecule has 0 aliphatic heterocycles. The molecule has 0 fully saturated rings. The first-order valence-corrected chi connectivity index (χ1v) is 8.93. The average molecular weight is 372 g/mol. The van der Waals surface area contributed by atoms with E-state index in [2.05, 4.69) is 15.8 Å². The van der Waals surface area contributed by atoms with Crippen LogP contribution in [0.4, 0.5) is 0 Å². The molecule has 0 aliphatic carbocycles. The third-order valence-corrected chi connectivity index (χ3v) is 3.93. The van der Waals surface area contributed by atoms with Gasteiger partial charge in [-0.15, -0.1) is 0 Å². The fraction of sp³-hybridized carbons (Fsp3) is 0.250. The first-order chi connectivity index (χ1) is 12.6. The molecule has 0 saturated heterocycles. The van der Waals surface area contributed by atoms with Crippen LogP contribution in [0.25, 0.3) is 0 Å². The van der Waals surface area contributed by atoms with Gasteiger partial charge in [-0.1, -0.05) is 48.4 Å². The Kier molecular flexibility index (Phi) is 8.36. The second kappa shape index (κ2) is 11.1. The average Bonchev–Trinajstić information content (AvgIpc) is 2.66. The standard InChI is InChI=1S/C20H22ClN3O2/c21-18-12-10-16(11-13-18)15-23-24-19(25)9-5-2-6-14-22-20(26)17-7-3-1-4-8-17/h1,3-4,7-8,10-13,15H,2,5-6,9,14H2,(H,22,26)(H,24,25). The lowest BCUT2D eigenvalue weighted by molar-refractivity contribution is -0.121. The van der Waals surface area contributed by atoms with E-state index in [9.17, 15) is 9.59 Å². The number of nitrogens with zero attached hydrogens (tertiary/aromatic N) is 1. The van der Waals surface area contributed by atoms with Crippen molar-refractivity contribution in [3.8, 4) is 0 Å². The molecule has 2 amide bonds. The summed E-state index contributed by atoms with van der Waals surface area (Å²) in [5, 5.41) is 7.45. The number of hydrogen-bond donors (Lipinski definition) is 2. The van der Waals surface area contributed by atoms with E-state index in [1.165, 1.54) is 0 Å². The number of carbonyl (C=O) groups excluding carboxylic acids is 2. The third kappa shape index (κ3) is 7.49. The molecule has 0 heterocycles. The van der Waals surface area contributed by atoms with Gasteiger partial charge in [0.2, 0.25) is 5.91 Å². The number of amides is 2. The predicted molar refractivity (Wildman–Crippen MR) is 104 cm³/mol. The molecule has 0 aliphatic rings. The molecule has 136 valence electrons. The smallest absolute Gasteiger partial charge is 0.251 e. The Morgan fingerprint density at radius 3 is 2.42 bits per heavy atom. The molecule has 2 aromatic rings. The van der Waals surface area contributed by atoms with Gasteiger partial charge in [0.1, 0.15) is 0 Å². The molecular formula is C20H22ClN3O2. The van der Waals surface area contributed by atoms with Crippen molar-refractivity contribution in [2.45, 2.75) is 25.7 Å². The highest BCUT2D eigenvalue weighted by Gasteiger charge is 2.03. The Morgan fingerprint density at radius 2 is 1.69 bits per heavy atom. The van der Waals surface area contributed by atoms with Crippen LogP contribution in [0.15, 0.2) is 59.7 Å². The molecular weight excluding hydrogens is 350 g/mol. The van der Waals surface area contributed by atoms with Crippen LogP contribution >= 0.6 is 11.6 Å². The lowest BCUT2D eigenvalue weighted by Crippen LogP contribution is -2.24. The van der Waals surface area contributed by atoms with Gasteiger partial charge >= 0.3 is 0 Å². The molecule has 2 N–H and O–H groups in total. The van der Waals surface area contributed by atoms with Crippen molar-refractivity contribution in [2.75, 3.05) is 6.54 Å².